The van der Waals surface area contributed by atoms with E-state index in [9.17, 15) is 9.90 Å². The van der Waals surface area contributed by atoms with Crippen LogP contribution in [0.3, 0.4) is 0 Å². The Balaban J connectivity index is 1.72. The van der Waals surface area contributed by atoms with Crippen molar-refractivity contribution in [3.05, 3.63) is 59.4 Å². The van der Waals surface area contributed by atoms with Gasteiger partial charge in [-0.2, -0.15) is 0 Å². The molecule has 2 aromatic carbocycles. The third-order valence-corrected chi connectivity index (χ3v) is 5.98. The van der Waals surface area contributed by atoms with Crippen LogP contribution in [0, 0.1) is 0 Å². The summed E-state index contributed by atoms with van der Waals surface area (Å²) in [6.45, 7) is 5.87. The van der Waals surface area contributed by atoms with Crippen molar-refractivity contribution >= 4 is 45.6 Å². The molecule has 0 saturated heterocycles. The molecule has 0 bridgehead atoms. The van der Waals surface area contributed by atoms with Gasteiger partial charge < -0.3 is 24.4 Å². The highest BCUT2D eigenvalue weighted by atomic mass is 35.5. The number of aliphatic carboxylic acids is 1. The van der Waals surface area contributed by atoms with Crippen LogP contribution in [0.25, 0.3) is 16.5 Å². The topological polar surface area (TPSA) is 81.6 Å². The summed E-state index contributed by atoms with van der Waals surface area (Å²) in [7, 11) is 4.05. The first-order chi connectivity index (χ1) is 15.8. The molecule has 172 valence electrons. The molecule has 0 aliphatic carbocycles. The van der Waals surface area contributed by atoms with Crippen LogP contribution in [0.1, 0.15) is 24.0 Å². The second-order valence-electron chi connectivity index (χ2n) is 8.36. The Labute approximate surface area is 198 Å². The number of hydrogen-bond acceptors (Lipinski definition) is 7. The summed E-state index contributed by atoms with van der Waals surface area (Å²) >= 11 is 6.24. The molecule has 3 aromatic rings. The van der Waals surface area contributed by atoms with Crippen LogP contribution in [0.5, 0.6) is 5.75 Å². The maximum atomic E-state index is 11.7. The molecule has 1 aromatic heterocycles. The van der Waals surface area contributed by atoms with Crippen molar-refractivity contribution in [3.8, 4) is 5.75 Å². The fourth-order valence-corrected chi connectivity index (χ4v) is 4.20. The highest BCUT2D eigenvalue weighted by molar-refractivity contribution is 6.31. The van der Waals surface area contributed by atoms with Gasteiger partial charge in [-0.3, -0.25) is 0 Å². The van der Waals surface area contributed by atoms with Crippen LogP contribution in [0.2, 0.25) is 5.02 Å². The average Bonchev–Trinajstić information content (AvgIpc) is 3.19. The Kier molecular flexibility index (Phi) is 6.81. The summed E-state index contributed by atoms with van der Waals surface area (Å²) in [5.74, 6) is -0.231. The summed E-state index contributed by atoms with van der Waals surface area (Å²) in [5.41, 5.74) is 3.07. The number of rotatable bonds is 9. The van der Waals surface area contributed by atoms with Gasteiger partial charge in [-0.05, 0) is 63.7 Å². The van der Waals surface area contributed by atoms with E-state index < -0.39 is 5.97 Å². The van der Waals surface area contributed by atoms with Crippen molar-refractivity contribution in [2.75, 3.05) is 38.7 Å². The van der Waals surface area contributed by atoms with Crippen molar-refractivity contribution in [2.45, 2.75) is 19.3 Å². The van der Waals surface area contributed by atoms with Crippen molar-refractivity contribution in [3.63, 3.8) is 0 Å². The lowest BCUT2D eigenvalue weighted by atomic mass is 10.0. The van der Waals surface area contributed by atoms with Crippen molar-refractivity contribution in [1.82, 2.24) is 14.9 Å². The quantitative estimate of drug-likeness (QED) is 0.353. The lowest BCUT2D eigenvalue weighted by molar-refractivity contribution is -0.295. The van der Waals surface area contributed by atoms with Crippen LogP contribution in [0.4, 0.5) is 11.5 Å². The zero-order chi connectivity index (χ0) is 23.5. The molecule has 0 spiro atoms. The number of carboxylic acids is 1. The molecule has 0 saturated carbocycles. The SMILES string of the molecule is C=C(C(=O)[O-])c1cc2c(N3CCc4ccc(Cl)cc43)ncnc2cc1OCCCCN(C)C. The van der Waals surface area contributed by atoms with E-state index in [0.717, 1.165) is 38.0 Å². The molecule has 0 fully saturated rings. The zero-order valence-electron chi connectivity index (χ0n) is 18.8. The smallest absolute Gasteiger partial charge is 0.144 e. The molecule has 1 aliphatic heterocycles. The number of benzene rings is 2. The molecular weight excluding hydrogens is 440 g/mol. The Morgan fingerprint density at radius 1 is 1.24 bits per heavy atom. The van der Waals surface area contributed by atoms with Crippen LogP contribution >= 0.6 is 11.6 Å². The summed E-state index contributed by atoms with van der Waals surface area (Å²) < 4.78 is 5.97. The Bertz CT molecular complexity index is 1210. The van der Waals surface area contributed by atoms with Gasteiger partial charge in [0, 0.05) is 39.8 Å². The number of fused-ring (bicyclic) bond motifs is 2. The maximum absolute atomic E-state index is 11.7. The largest absolute Gasteiger partial charge is 0.545 e. The molecule has 0 N–H and O–H groups in total. The lowest BCUT2D eigenvalue weighted by Gasteiger charge is -2.21. The van der Waals surface area contributed by atoms with Crippen molar-refractivity contribution in [1.29, 1.82) is 0 Å². The molecule has 2 heterocycles. The summed E-state index contributed by atoms with van der Waals surface area (Å²) in [6.07, 6.45) is 4.19. The summed E-state index contributed by atoms with van der Waals surface area (Å²) in [6, 6.07) is 9.31. The Morgan fingerprint density at radius 2 is 2.06 bits per heavy atom. The molecule has 33 heavy (non-hydrogen) atoms. The van der Waals surface area contributed by atoms with E-state index in [1.54, 1.807) is 12.1 Å². The maximum Gasteiger partial charge on any atom is 0.144 e. The van der Waals surface area contributed by atoms with E-state index in [2.05, 4.69) is 26.3 Å². The third-order valence-electron chi connectivity index (χ3n) is 5.74. The molecular formula is C25H26ClN4O3-. The lowest BCUT2D eigenvalue weighted by Crippen LogP contribution is -2.23. The number of hydrogen-bond donors (Lipinski definition) is 0. The normalized spacial score (nSPS) is 12.9. The van der Waals surface area contributed by atoms with Crippen LogP contribution < -0.4 is 14.7 Å². The fourth-order valence-electron chi connectivity index (χ4n) is 4.04. The van der Waals surface area contributed by atoms with E-state index in [1.807, 2.05) is 32.3 Å². The molecule has 0 unspecified atom stereocenters. The highest BCUT2D eigenvalue weighted by Crippen LogP contribution is 2.40. The molecule has 0 amide bonds. The van der Waals surface area contributed by atoms with Crippen molar-refractivity contribution < 1.29 is 14.6 Å². The molecule has 0 atom stereocenters. The van der Waals surface area contributed by atoms with Gasteiger partial charge >= 0.3 is 0 Å². The Hall–Kier alpha value is -3.16. The predicted molar refractivity (Wildman–Crippen MR) is 129 cm³/mol. The number of carbonyl (C=O) groups excluding carboxylic acids is 1. The van der Waals surface area contributed by atoms with E-state index in [0.29, 0.717) is 39.7 Å². The van der Waals surface area contributed by atoms with Gasteiger partial charge in [0.05, 0.1) is 18.1 Å². The standard InChI is InChI=1S/C25H27ClN4O3/c1-16(25(31)32)19-13-20-21(14-23(19)33-11-5-4-9-29(2)3)27-15-28-24(20)30-10-8-17-6-7-18(26)12-22(17)30/h6-7,12-15H,1,4-5,8-11H2,2-3H3,(H,31,32)/p-1. The number of unbranched alkanes of at least 4 members (excludes halogenated alkanes) is 1. The zero-order valence-corrected chi connectivity index (χ0v) is 19.6. The molecule has 8 heteroatoms. The van der Waals surface area contributed by atoms with E-state index >= 15 is 0 Å². The number of aromatic nitrogens is 2. The van der Waals surface area contributed by atoms with Gasteiger partial charge in [0.15, 0.2) is 0 Å². The minimum atomic E-state index is -1.34. The number of carbonyl (C=O) groups is 1. The molecule has 4 rings (SSSR count). The van der Waals surface area contributed by atoms with Gasteiger partial charge in [-0.15, -0.1) is 0 Å². The molecule has 0 radical (unpaired) electrons. The van der Waals surface area contributed by atoms with Gasteiger partial charge in [-0.1, -0.05) is 24.2 Å². The van der Waals surface area contributed by atoms with Crippen LogP contribution in [-0.2, 0) is 11.2 Å². The number of halogens is 1. The van der Waals surface area contributed by atoms with E-state index in [-0.39, 0.29) is 5.57 Å². The van der Waals surface area contributed by atoms with Crippen LogP contribution in [0.15, 0.2) is 43.2 Å². The Morgan fingerprint density at radius 3 is 2.82 bits per heavy atom. The highest BCUT2D eigenvalue weighted by Gasteiger charge is 2.24. The second-order valence-corrected chi connectivity index (χ2v) is 8.80. The van der Waals surface area contributed by atoms with Gasteiger partial charge in [0.1, 0.15) is 17.9 Å². The number of nitrogens with zero attached hydrogens (tertiary/aromatic N) is 4. The first-order valence-corrected chi connectivity index (χ1v) is 11.3. The summed E-state index contributed by atoms with van der Waals surface area (Å²) in [4.78, 5) is 24.8. The van der Waals surface area contributed by atoms with E-state index in [1.165, 1.54) is 11.9 Å². The summed E-state index contributed by atoms with van der Waals surface area (Å²) in [5, 5.41) is 13.0. The number of carboxylic acid groups (broad SMARTS) is 1. The number of anilines is 2. The molecule has 7 nitrogen and oxygen atoms in total. The van der Waals surface area contributed by atoms with Gasteiger partial charge in [-0.25, -0.2) is 9.97 Å². The first-order valence-electron chi connectivity index (χ1n) is 10.9. The predicted octanol–water partition coefficient (Wildman–Crippen LogP) is 3.46. The monoisotopic (exact) mass is 465 g/mol. The van der Waals surface area contributed by atoms with Gasteiger partial charge in [0.25, 0.3) is 0 Å². The third kappa shape index (κ3) is 4.94. The van der Waals surface area contributed by atoms with Crippen molar-refractivity contribution in [2.24, 2.45) is 0 Å². The fraction of sp³-hybridized carbons (Fsp3) is 0.320. The van der Waals surface area contributed by atoms with Gasteiger partial charge in [0.2, 0.25) is 0 Å². The second kappa shape index (κ2) is 9.77. The number of ether oxygens (including phenoxy) is 1. The minimum Gasteiger partial charge on any atom is -0.545 e. The molecule has 1 aliphatic rings. The van der Waals surface area contributed by atoms with Crippen LogP contribution in [-0.4, -0.2) is 54.6 Å². The van der Waals surface area contributed by atoms with E-state index in [4.69, 9.17) is 16.3 Å². The average molecular weight is 466 g/mol. The first kappa shape index (κ1) is 23.0. The minimum absolute atomic E-state index is 0.139.